The summed E-state index contributed by atoms with van der Waals surface area (Å²) >= 11 is 0. The second-order valence-electron chi connectivity index (χ2n) is 5.14. The van der Waals surface area contributed by atoms with E-state index in [-0.39, 0.29) is 27.9 Å². The van der Waals surface area contributed by atoms with Crippen LogP contribution in [-0.4, -0.2) is 20.1 Å². The van der Waals surface area contributed by atoms with E-state index in [4.69, 9.17) is 4.18 Å². The summed E-state index contributed by atoms with van der Waals surface area (Å²) in [5, 5.41) is 2.62. The first-order chi connectivity index (χ1) is 11.3. The zero-order valence-corrected chi connectivity index (χ0v) is 14.1. The SMILES string of the molecule is CC(=O)NCc1ccc(S(=O)(=O)Oc2ccccc2C(C)=O)cc1. The van der Waals surface area contributed by atoms with Crippen molar-refractivity contribution in [3.05, 3.63) is 59.7 Å². The summed E-state index contributed by atoms with van der Waals surface area (Å²) in [6, 6.07) is 12.1. The van der Waals surface area contributed by atoms with Gasteiger partial charge in [-0.2, -0.15) is 8.42 Å². The average Bonchev–Trinajstić information content (AvgIpc) is 2.53. The molecule has 0 atom stereocenters. The van der Waals surface area contributed by atoms with E-state index < -0.39 is 10.1 Å². The van der Waals surface area contributed by atoms with Crippen LogP contribution in [0.4, 0.5) is 0 Å². The first-order valence-corrected chi connectivity index (χ1v) is 8.58. The Morgan fingerprint density at radius 1 is 1.00 bits per heavy atom. The Morgan fingerprint density at radius 2 is 1.62 bits per heavy atom. The summed E-state index contributed by atoms with van der Waals surface area (Å²) < 4.78 is 29.8. The van der Waals surface area contributed by atoms with Gasteiger partial charge in [-0.1, -0.05) is 24.3 Å². The van der Waals surface area contributed by atoms with Crippen molar-refractivity contribution in [1.29, 1.82) is 0 Å². The van der Waals surface area contributed by atoms with Gasteiger partial charge in [0, 0.05) is 13.5 Å². The molecule has 0 aliphatic carbocycles. The minimum absolute atomic E-state index is 0.00711. The minimum atomic E-state index is -4.06. The van der Waals surface area contributed by atoms with Gasteiger partial charge in [0.05, 0.1) is 5.56 Å². The van der Waals surface area contributed by atoms with Crippen molar-refractivity contribution < 1.29 is 22.2 Å². The van der Waals surface area contributed by atoms with Crippen molar-refractivity contribution in [2.75, 3.05) is 0 Å². The standard InChI is InChI=1S/C17H17NO5S/c1-12(19)16-5-3-4-6-17(16)23-24(21,22)15-9-7-14(8-10-15)11-18-13(2)20/h3-10H,11H2,1-2H3,(H,18,20). The Morgan fingerprint density at radius 3 is 2.21 bits per heavy atom. The quantitative estimate of drug-likeness (QED) is 0.640. The Labute approximate surface area is 140 Å². The molecular weight excluding hydrogens is 330 g/mol. The summed E-state index contributed by atoms with van der Waals surface area (Å²) in [6.07, 6.45) is 0. The third-order valence-corrected chi connectivity index (χ3v) is 4.47. The highest BCUT2D eigenvalue weighted by Gasteiger charge is 2.19. The van der Waals surface area contributed by atoms with Crippen molar-refractivity contribution in [3.8, 4) is 5.75 Å². The molecule has 7 heteroatoms. The molecule has 1 N–H and O–H groups in total. The second-order valence-corrected chi connectivity index (χ2v) is 6.69. The smallest absolute Gasteiger partial charge is 0.339 e. The Kier molecular flexibility index (Phi) is 5.35. The van der Waals surface area contributed by atoms with Crippen LogP contribution in [-0.2, 0) is 21.5 Å². The number of rotatable bonds is 6. The molecule has 126 valence electrons. The second kappa shape index (κ2) is 7.27. The van der Waals surface area contributed by atoms with Gasteiger partial charge >= 0.3 is 10.1 Å². The van der Waals surface area contributed by atoms with Crippen molar-refractivity contribution in [2.45, 2.75) is 25.3 Å². The lowest BCUT2D eigenvalue weighted by atomic mass is 10.1. The first kappa shape index (κ1) is 17.7. The summed E-state index contributed by atoms with van der Waals surface area (Å²) in [4.78, 5) is 22.4. The molecule has 0 aliphatic heterocycles. The van der Waals surface area contributed by atoms with Crippen LogP contribution in [0.5, 0.6) is 5.75 Å². The molecule has 6 nitrogen and oxygen atoms in total. The topological polar surface area (TPSA) is 89.5 Å². The van der Waals surface area contributed by atoms with E-state index >= 15 is 0 Å². The summed E-state index contributed by atoms with van der Waals surface area (Å²) in [5.41, 5.74) is 0.955. The Balaban J connectivity index is 2.22. The number of Topliss-reactive ketones (excluding diaryl/α,β-unsaturated/α-hetero) is 1. The third-order valence-electron chi connectivity index (χ3n) is 3.22. The van der Waals surface area contributed by atoms with Gasteiger partial charge in [-0.25, -0.2) is 0 Å². The molecule has 0 radical (unpaired) electrons. The normalized spacial score (nSPS) is 10.9. The fourth-order valence-corrected chi connectivity index (χ4v) is 2.94. The van der Waals surface area contributed by atoms with Gasteiger partial charge in [0.25, 0.3) is 0 Å². The maximum Gasteiger partial charge on any atom is 0.339 e. The largest absolute Gasteiger partial charge is 0.378 e. The molecule has 1 amide bonds. The molecule has 0 aromatic heterocycles. The highest BCUT2D eigenvalue weighted by atomic mass is 32.2. The monoisotopic (exact) mass is 347 g/mol. The number of benzene rings is 2. The predicted octanol–water partition coefficient (Wildman–Crippen LogP) is 2.29. The van der Waals surface area contributed by atoms with Crippen molar-refractivity contribution in [3.63, 3.8) is 0 Å². The van der Waals surface area contributed by atoms with Crippen LogP contribution in [0, 0.1) is 0 Å². The third kappa shape index (κ3) is 4.42. The summed E-state index contributed by atoms with van der Waals surface area (Å²) in [7, 11) is -4.06. The van der Waals surface area contributed by atoms with Crippen LogP contribution < -0.4 is 9.50 Å². The van der Waals surface area contributed by atoms with Crippen LogP contribution in [0.3, 0.4) is 0 Å². The average molecular weight is 347 g/mol. The highest BCUT2D eigenvalue weighted by molar-refractivity contribution is 7.87. The van der Waals surface area contributed by atoms with Gasteiger partial charge in [-0.15, -0.1) is 0 Å². The summed E-state index contributed by atoms with van der Waals surface area (Å²) in [6.45, 7) is 3.05. The van der Waals surface area contributed by atoms with Gasteiger partial charge in [0.15, 0.2) is 11.5 Å². The number of hydrogen-bond acceptors (Lipinski definition) is 5. The predicted molar refractivity (Wildman–Crippen MR) is 88.2 cm³/mol. The molecule has 2 aromatic rings. The van der Waals surface area contributed by atoms with Crippen LogP contribution in [0.25, 0.3) is 0 Å². The molecule has 0 spiro atoms. The van der Waals surface area contributed by atoms with Crippen molar-refractivity contribution in [1.82, 2.24) is 5.32 Å². The molecule has 0 saturated carbocycles. The molecule has 2 rings (SSSR count). The van der Waals surface area contributed by atoms with Gasteiger partial charge < -0.3 is 9.50 Å². The number of amides is 1. The van der Waals surface area contributed by atoms with E-state index in [2.05, 4.69) is 5.32 Å². The van der Waals surface area contributed by atoms with Crippen LogP contribution in [0.1, 0.15) is 29.8 Å². The lowest BCUT2D eigenvalue weighted by Crippen LogP contribution is -2.19. The number of ketones is 1. The lowest BCUT2D eigenvalue weighted by Gasteiger charge is -2.10. The van der Waals surface area contributed by atoms with Crippen molar-refractivity contribution in [2.24, 2.45) is 0 Å². The number of carbonyl (C=O) groups excluding carboxylic acids is 2. The van der Waals surface area contributed by atoms with Crippen LogP contribution in [0.2, 0.25) is 0 Å². The molecule has 2 aromatic carbocycles. The van der Waals surface area contributed by atoms with Gasteiger partial charge in [-0.3, -0.25) is 9.59 Å². The van der Waals surface area contributed by atoms with E-state index in [1.807, 2.05) is 0 Å². The molecule has 0 bridgehead atoms. The Hall–Kier alpha value is -2.67. The van der Waals surface area contributed by atoms with Crippen LogP contribution >= 0.6 is 0 Å². The minimum Gasteiger partial charge on any atom is -0.378 e. The molecule has 24 heavy (non-hydrogen) atoms. The van der Waals surface area contributed by atoms with E-state index in [0.717, 1.165) is 5.56 Å². The lowest BCUT2D eigenvalue weighted by molar-refractivity contribution is -0.119. The number of hydrogen-bond donors (Lipinski definition) is 1. The molecule has 0 saturated heterocycles. The van der Waals surface area contributed by atoms with Gasteiger partial charge in [-0.05, 0) is 36.8 Å². The van der Waals surface area contributed by atoms with Gasteiger partial charge in [0.2, 0.25) is 5.91 Å². The number of carbonyl (C=O) groups is 2. The number of nitrogens with one attached hydrogen (secondary N) is 1. The molecule has 0 heterocycles. The molecule has 0 unspecified atom stereocenters. The van der Waals surface area contributed by atoms with E-state index in [0.29, 0.717) is 6.54 Å². The molecule has 0 aliphatic rings. The molecular formula is C17H17NO5S. The fourth-order valence-electron chi connectivity index (χ4n) is 2.00. The maximum atomic E-state index is 12.4. The van der Waals surface area contributed by atoms with E-state index in [1.54, 1.807) is 24.3 Å². The first-order valence-electron chi connectivity index (χ1n) is 7.17. The van der Waals surface area contributed by atoms with E-state index in [9.17, 15) is 18.0 Å². The Bertz CT molecular complexity index is 857. The number of para-hydroxylation sites is 1. The zero-order chi connectivity index (χ0) is 17.7. The maximum absolute atomic E-state index is 12.4. The van der Waals surface area contributed by atoms with Crippen LogP contribution in [0.15, 0.2) is 53.4 Å². The fraction of sp³-hybridized carbons (Fsp3) is 0.176. The summed E-state index contributed by atoms with van der Waals surface area (Å²) in [5.74, 6) is -0.463. The molecule has 0 fully saturated rings. The van der Waals surface area contributed by atoms with Gasteiger partial charge in [0.1, 0.15) is 4.90 Å². The van der Waals surface area contributed by atoms with E-state index in [1.165, 1.54) is 38.1 Å². The highest BCUT2D eigenvalue weighted by Crippen LogP contribution is 2.23. The zero-order valence-electron chi connectivity index (χ0n) is 13.3. The van der Waals surface area contributed by atoms with Crippen molar-refractivity contribution >= 4 is 21.8 Å².